The molecule has 0 aliphatic heterocycles. The fourth-order valence-corrected chi connectivity index (χ4v) is 4.56. The average Bonchev–Trinajstić information content (AvgIpc) is 3.16. The molecule has 0 radical (unpaired) electrons. The zero-order valence-electron chi connectivity index (χ0n) is 19.5. The van der Waals surface area contributed by atoms with Crippen LogP contribution in [-0.4, -0.2) is 35.8 Å². The number of nitrogens with zero attached hydrogens (tertiary/aromatic N) is 1. The minimum absolute atomic E-state index is 0.613. The summed E-state index contributed by atoms with van der Waals surface area (Å²) in [7, 11) is 3.34. The Hall–Kier alpha value is -3.22. The lowest BCUT2D eigenvalue weighted by molar-refractivity contribution is 0.383. The van der Waals surface area contributed by atoms with E-state index in [0.29, 0.717) is 18.2 Å². The molecule has 7 heteroatoms. The van der Waals surface area contributed by atoms with Crippen LogP contribution >= 0.6 is 23.8 Å². The second-order valence-corrected chi connectivity index (χ2v) is 8.89. The molecular formula is C27H28ClN3O2S. The van der Waals surface area contributed by atoms with Gasteiger partial charge in [-0.05, 0) is 67.5 Å². The minimum atomic E-state index is 0.613. The number of fused-ring (bicyclic) bond motifs is 1. The SMILES string of the molecule is COc1cccc(NC(=S)N(CCc2c(C)[nH]c3ccc(Cl)cc23)Cc2ccccc2OC)c1. The highest BCUT2D eigenvalue weighted by Crippen LogP contribution is 2.27. The average molecular weight is 494 g/mol. The lowest BCUT2D eigenvalue weighted by Gasteiger charge is -2.27. The van der Waals surface area contributed by atoms with Gasteiger partial charge >= 0.3 is 0 Å². The summed E-state index contributed by atoms with van der Waals surface area (Å²) in [5, 5.41) is 5.88. The molecule has 0 aliphatic rings. The molecule has 176 valence electrons. The first-order valence-corrected chi connectivity index (χ1v) is 11.9. The smallest absolute Gasteiger partial charge is 0.173 e. The van der Waals surface area contributed by atoms with Crippen LogP contribution in [0, 0.1) is 6.92 Å². The maximum atomic E-state index is 6.29. The van der Waals surface area contributed by atoms with Crippen molar-refractivity contribution in [2.45, 2.75) is 19.9 Å². The molecule has 34 heavy (non-hydrogen) atoms. The van der Waals surface area contributed by atoms with Crippen molar-refractivity contribution in [1.82, 2.24) is 9.88 Å². The van der Waals surface area contributed by atoms with Crippen LogP contribution in [0.25, 0.3) is 10.9 Å². The van der Waals surface area contributed by atoms with Crippen molar-refractivity contribution >= 4 is 45.5 Å². The van der Waals surface area contributed by atoms with Gasteiger partial charge in [-0.25, -0.2) is 0 Å². The van der Waals surface area contributed by atoms with E-state index in [4.69, 9.17) is 33.3 Å². The highest BCUT2D eigenvalue weighted by atomic mass is 35.5. The summed E-state index contributed by atoms with van der Waals surface area (Å²) < 4.78 is 10.9. The number of hydrogen-bond donors (Lipinski definition) is 2. The molecule has 1 heterocycles. The van der Waals surface area contributed by atoms with E-state index in [2.05, 4.69) is 28.2 Å². The molecule has 0 saturated carbocycles. The van der Waals surface area contributed by atoms with Crippen LogP contribution in [0.1, 0.15) is 16.8 Å². The summed E-state index contributed by atoms with van der Waals surface area (Å²) in [6, 6.07) is 21.7. The zero-order valence-corrected chi connectivity index (χ0v) is 21.1. The first kappa shape index (κ1) is 23.9. The van der Waals surface area contributed by atoms with E-state index < -0.39 is 0 Å². The van der Waals surface area contributed by atoms with E-state index in [-0.39, 0.29) is 0 Å². The van der Waals surface area contributed by atoms with Gasteiger partial charge in [-0.2, -0.15) is 0 Å². The maximum absolute atomic E-state index is 6.29. The Morgan fingerprint density at radius 1 is 1.03 bits per heavy atom. The molecule has 1 aromatic heterocycles. The molecule has 0 saturated heterocycles. The van der Waals surface area contributed by atoms with E-state index in [0.717, 1.165) is 50.8 Å². The fourth-order valence-electron chi connectivity index (χ4n) is 4.12. The van der Waals surface area contributed by atoms with E-state index in [1.54, 1.807) is 14.2 Å². The molecule has 5 nitrogen and oxygen atoms in total. The van der Waals surface area contributed by atoms with Crippen LogP contribution in [0.2, 0.25) is 5.02 Å². The lowest BCUT2D eigenvalue weighted by Crippen LogP contribution is -2.36. The van der Waals surface area contributed by atoms with E-state index in [1.807, 2.05) is 60.7 Å². The maximum Gasteiger partial charge on any atom is 0.173 e. The third-order valence-corrected chi connectivity index (χ3v) is 6.47. The topological polar surface area (TPSA) is 49.5 Å². The number of anilines is 1. The van der Waals surface area contributed by atoms with Gasteiger partial charge in [0.25, 0.3) is 0 Å². The number of aryl methyl sites for hydroxylation is 1. The fraction of sp³-hybridized carbons (Fsp3) is 0.222. The number of hydrogen-bond acceptors (Lipinski definition) is 3. The number of benzene rings is 3. The third kappa shape index (κ3) is 5.46. The van der Waals surface area contributed by atoms with Crippen molar-refractivity contribution in [3.8, 4) is 11.5 Å². The van der Waals surface area contributed by atoms with Gasteiger partial charge < -0.3 is 24.7 Å². The van der Waals surface area contributed by atoms with Gasteiger partial charge in [-0.3, -0.25) is 0 Å². The molecule has 0 atom stereocenters. The molecular weight excluding hydrogens is 466 g/mol. The monoisotopic (exact) mass is 493 g/mol. The molecule has 0 bridgehead atoms. The standard InChI is InChI=1S/C27H28ClN3O2S/c1-18-23(24-15-20(28)11-12-25(24)29-18)13-14-31(17-19-7-4-5-10-26(19)33-3)27(34)30-21-8-6-9-22(16-21)32-2/h4-12,15-16,29H,13-14,17H2,1-3H3,(H,30,34). The number of thiocarbonyl (C=S) groups is 1. The van der Waals surface area contributed by atoms with Gasteiger partial charge in [0.05, 0.1) is 14.2 Å². The Morgan fingerprint density at radius 2 is 1.85 bits per heavy atom. The van der Waals surface area contributed by atoms with Gasteiger partial charge in [-0.1, -0.05) is 35.9 Å². The predicted octanol–water partition coefficient (Wildman–Crippen LogP) is 6.59. The molecule has 4 aromatic rings. The molecule has 0 amide bonds. The Labute approximate surface area is 210 Å². The van der Waals surface area contributed by atoms with E-state index in [9.17, 15) is 0 Å². The van der Waals surface area contributed by atoms with Gasteiger partial charge in [0.15, 0.2) is 5.11 Å². The van der Waals surface area contributed by atoms with Crippen molar-refractivity contribution < 1.29 is 9.47 Å². The zero-order chi connectivity index (χ0) is 24.1. The largest absolute Gasteiger partial charge is 0.497 e. The molecule has 2 N–H and O–H groups in total. The minimum Gasteiger partial charge on any atom is -0.497 e. The Bertz CT molecular complexity index is 1300. The van der Waals surface area contributed by atoms with Crippen LogP contribution < -0.4 is 14.8 Å². The number of H-pyrrole nitrogens is 1. The normalized spacial score (nSPS) is 10.8. The van der Waals surface area contributed by atoms with Crippen molar-refractivity contribution in [3.63, 3.8) is 0 Å². The number of aromatic nitrogens is 1. The molecule has 3 aromatic carbocycles. The summed E-state index contributed by atoms with van der Waals surface area (Å²) in [6.07, 6.45) is 0.807. The van der Waals surface area contributed by atoms with Crippen LogP contribution in [0.4, 0.5) is 5.69 Å². The third-order valence-electron chi connectivity index (χ3n) is 5.88. The number of para-hydroxylation sites is 1. The summed E-state index contributed by atoms with van der Waals surface area (Å²) in [5.74, 6) is 1.61. The second kappa shape index (κ2) is 10.8. The summed E-state index contributed by atoms with van der Waals surface area (Å²) in [5.41, 5.74) is 5.42. The Balaban J connectivity index is 1.60. The highest BCUT2D eigenvalue weighted by Gasteiger charge is 2.16. The first-order chi connectivity index (χ1) is 16.5. The van der Waals surface area contributed by atoms with E-state index in [1.165, 1.54) is 5.56 Å². The van der Waals surface area contributed by atoms with Crippen molar-refractivity contribution in [2.24, 2.45) is 0 Å². The van der Waals surface area contributed by atoms with Gasteiger partial charge in [0.1, 0.15) is 11.5 Å². The molecule has 0 aliphatic carbocycles. The summed E-state index contributed by atoms with van der Waals surface area (Å²) in [4.78, 5) is 5.63. The van der Waals surface area contributed by atoms with Crippen LogP contribution in [0.15, 0.2) is 66.7 Å². The van der Waals surface area contributed by atoms with Crippen LogP contribution in [0.3, 0.4) is 0 Å². The van der Waals surface area contributed by atoms with Crippen LogP contribution in [-0.2, 0) is 13.0 Å². The number of nitrogens with one attached hydrogen (secondary N) is 2. The summed E-state index contributed by atoms with van der Waals surface area (Å²) in [6.45, 7) is 3.43. The first-order valence-electron chi connectivity index (χ1n) is 11.1. The van der Waals surface area contributed by atoms with Crippen molar-refractivity contribution in [3.05, 3.63) is 88.6 Å². The summed E-state index contributed by atoms with van der Waals surface area (Å²) >= 11 is 12.2. The van der Waals surface area contributed by atoms with Crippen molar-refractivity contribution in [2.75, 3.05) is 26.1 Å². The Kier molecular flexibility index (Phi) is 7.60. The highest BCUT2D eigenvalue weighted by molar-refractivity contribution is 7.80. The number of aromatic amines is 1. The number of methoxy groups -OCH3 is 2. The molecule has 0 fully saturated rings. The lowest BCUT2D eigenvalue weighted by atomic mass is 10.1. The molecule has 0 unspecified atom stereocenters. The Morgan fingerprint density at radius 3 is 2.65 bits per heavy atom. The van der Waals surface area contributed by atoms with Crippen LogP contribution in [0.5, 0.6) is 11.5 Å². The number of ether oxygens (including phenoxy) is 2. The quantitative estimate of drug-likeness (QED) is 0.271. The second-order valence-electron chi connectivity index (χ2n) is 8.06. The van der Waals surface area contributed by atoms with E-state index >= 15 is 0 Å². The van der Waals surface area contributed by atoms with Gasteiger partial charge in [0, 0.05) is 52.0 Å². The number of rotatable bonds is 8. The molecule has 0 spiro atoms. The van der Waals surface area contributed by atoms with Crippen molar-refractivity contribution in [1.29, 1.82) is 0 Å². The van der Waals surface area contributed by atoms with Gasteiger partial charge in [0.2, 0.25) is 0 Å². The van der Waals surface area contributed by atoms with Gasteiger partial charge in [-0.15, -0.1) is 0 Å². The molecule has 4 rings (SSSR count). The number of halogens is 1. The predicted molar refractivity (Wildman–Crippen MR) is 144 cm³/mol.